The lowest BCUT2D eigenvalue weighted by atomic mass is 9.81. The molecular weight excluding hydrogens is 162 g/mol. The van der Waals surface area contributed by atoms with Gasteiger partial charge in [0.2, 0.25) is 0 Å². The summed E-state index contributed by atoms with van der Waals surface area (Å²) < 4.78 is 0. The molecule has 0 radical (unpaired) electrons. The summed E-state index contributed by atoms with van der Waals surface area (Å²) in [6.07, 6.45) is 4.19. The second-order valence-electron chi connectivity index (χ2n) is 5.19. The van der Waals surface area contributed by atoms with Gasteiger partial charge in [-0.05, 0) is 38.5 Å². The van der Waals surface area contributed by atoms with Gasteiger partial charge in [0.15, 0.2) is 0 Å². The lowest BCUT2D eigenvalue weighted by Crippen LogP contribution is -2.41. The summed E-state index contributed by atoms with van der Waals surface area (Å²) in [7, 11) is 0. The van der Waals surface area contributed by atoms with Crippen LogP contribution in [0.4, 0.5) is 0 Å². The van der Waals surface area contributed by atoms with E-state index in [1.807, 2.05) is 6.92 Å². The molecule has 1 saturated carbocycles. The second kappa shape index (κ2) is 3.58. The molecule has 0 aromatic heterocycles. The molecule has 1 atom stereocenters. The van der Waals surface area contributed by atoms with Crippen LogP contribution in [0.2, 0.25) is 0 Å². The maximum absolute atomic E-state index is 10.3. The highest BCUT2D eigenvalue weighted by Gasteiger charge is 2.54. The Balaban J connectivity index is 2.45. The van der Waals surface area contributed by atoms with Crippen molar-refractivity contribution in [1.29, 1.82) is 0 Å². The molecule has 0 heterocycles. The van der Waals surface area contributed by atoms with E-state index in [2.05, 4.69) is 13.8 Å². The summed E-state index contributed by atoms with van der Waals surface area (Å²) >= 11 is 0. The van der Waals surface area contributed by atoms with Crippen LogP contribution in [0.15, 0.2) is 0 Å². The van der Waals surface area contributed by atoms with E-state index in [0.717, 1.165) is 25.7 Å². The molecule has 0 saturated heterocycles. The van der Waals surface area contributed by atoms with Crippen molar-refractivity contribution in [2.24, 2.45) is 17.1 Å². The predicted molar refractivity (Wildman–Crippen MR) is 55.4 cm³/mol. The Hall–Kier alpha value is -0.0800. The SMILES string of the molecule is CC(C)CCC(C)(O)C1(CN)CC1. The van der Waals surface area contributed by atoms with Crippen molar-refractivity contribution >= 4 is 0 Å². The molecule has 0 amide bonds. The third-order valence-corrected chi connectivity index (χ3v) is 3.60. The van der Waals surface area contributed by atoms with Gasteiger partial charge in [-0.25, -0.2) is 0 Å². The normalized spacial score (nSPS) is 24.5. The quantitative estimate of drug-likeness (QED) is 0.687. The number of nitrogens with two attached hydrogens (primary N) is 1. The van der Waals surface area contributed by atoms with Crippen molar-refractivity contribution in [1.82, 2.24) is 0 Å². The summed E-state index contributed by atoms with van der Waals surface area (Å²) in [5, 5.41) is 10.3. The van der Waals surface area contributed by atoms with E-state index in [9.17, 15) is 5.11 Å². The Kier molecular flexibility index (Phi) is 3.03. The number of hydrogen-bond acceptors (Lipinski definition) is 2. The fourth-order valence-electron chi connectivity index (χ4n) is 1.95. The molecule has 3 N–H and O–H groups in total. The molecule has 1 unspecified atom stereocenters. The van der Waals surface area contributed by atoms with E-state index < -0.39 is 5.60 Å². The fraction of sp³-hybridized carbons (Fsp3) is 1.00. The monoisotopic (exact) mass is 185 g/mol. The van der Waals surface area contributed by atoms with Gasteiger partial charge in [0.25, 0.3) is 0 Å². The first-order valence-electron chi connectivity index (χ1n) is 5.36. The zero-order chi connectivity index (χ0) is 10.1. The van der Waals surface area contributed by atoms with E-state index in [1.165, 1.54) is 0 Å². The van der Waals surface area contributed by atoms with Crippen molar-refractivity contribution in [3.05, 3.63) is 0 Å². The highest BCUT2D eigenvalue weighted by atomic mass is 16.3. The predicted octanol–water partition coefficient (Wildman–Crippen LogP) is 1.91. The van der Waals surface area contributed by atoms with Crippen molar-refractivity contribution in [2.75, 3.05) is 6.54 Å². The molecule has 0 aromatic carbocycles. The van der Waals surface area contributed by atoms with Gasteiger partial charge in [-0.2, -0.15) is 0 Å². The van der Waals surface area contributed by atoms with E-state index >= 15 is 0 Å². The molecule has 0 bridgehead atoms. The molecule has 2 nitrogen and oxygen atoms in total. The minimum absolute atomic E-state index is 0.0574. The standard InChI is InChI=1S/C11H23NO/c1-9(2)4-5-10(3,13)11(8-12)6-7-11/h9,13H,4-8,12H2,1-3H3. The molecule has 78 valence electrons. The Morgan fingerprint density at radius 2 is 2.00 bits per heavy atom. The van der Waals surface area contributed by atoms with Gasteiger partial charge in [-0.3, -0.25) is 0 Å². The van der Waals surface area contributed by atoms with Gasteiger partial charge in [0, 0.05) is 12.0 Å². The Morgan fingerprint density at radius 1 is 1.46 bits per heavy atom. The van der Waals surface area contributed by atoms with Crippen LogP contribution in [0.3, 0.4) is 0 Å². The van der Waals surface area contributed by atoms with Crippen LogP contribution in [-0.4, -0.2) is 17.3 Å². The molecule has 1 rings (SSSR count). The molecular formula is C11H23NO. The van der Waals surface area contributed by atoms with Crippen LogP contribution in [0.1, 0.15) is 46.5 Å². The fourth-order valence-corrected chi connectivity index (χ4v) is 1.95. The van der Waals surface area contributed by atoms with Gasteiger partial charge in [-0.15, -0.1) is 0 Å². The Labute approximate surface area is 81.5 Å². The van der Waals surface area contributed by atoms with Gasteiger partial charge < -0.3 is 10.8 Å². The van der Waals surface area contributed by atoms with Crippen molar-refractivity contribution < 1.29 is 5.11 Å². The molecule has 1 aliphatic carbocycles. The van der Waals surface area contributed by atoms with Gasteiger partial charge in [0.05, 0.1) is 5.60 Å². The zero-order valence-corrected chi connectivity index (χ0v) is 9.14. The number of aliphatic hydroxyl groups is 1. The lowest BCUT2D eigenvalue weighted by Gasteiger charge is -2.33. The third kappa shape index (κ3) is 2.23. The second-order valence-corrected chi connectivity index (χ2v) is 5.19. The number of hydrogen-bond donors (Lipinski definition) is 2. The summed E-state index contributed by atoms with van der Waals surface area (Å²) in [5.41, 5.74) is 5.22. The van der Waals surface area contributed by atoms with E-state index in [-0.39, 0.29) is 5.41 Å². The van der Waals surface area contributed by atoms with E-state index in [1.54, 1.807) is 0 Å². The molecule has 2 heteroatoms. The number of rotatable bonds is 5. The molecule has 0 aliphatic heterocycles. The Morgan fingerprint density at radius 3 is 2.31 bits per heavy atom. The topological polar surface area (TPSA) is 46.2 Å². The Bertz CT molecular complexity index is 171. The maximum atomic E-state index is 10.3. The van der Waals surface area contributed by atoms with E-state index in [4.69, 9.17) is 5.73 Å². The minimum atomic E-state index is -0.536. The molecule has 0 spiro atoms. The largest absolute Gasteiger partial charge is 0.390 e. The van der Waals surface area contributed by atoms with Gasteiger partial charge >= 0.3 is 0 Å². The van der Waals surface area contributed by atoms with E-state index in [0.29, 0.717) is 12.5 Å². The molecule has 0 aromatic rings. The van der Waals surface area contributed by atoms with Crippen LogP contribution in [0.25, 0.3) is 0 Å². The first-order chi connectivity index (χ1) is 5.93. The molecule has 1 aliphatic rings. The third-order valence-electron chi connectivity index (χ3n) is 3.60. The summed E-state index contributed by atoms with van der Waals surface area (Å²) in [6, 6.07) is 0. The smallest absolute Gasteiger partial charge is 0.0687 e. The summed E-state index contributed by atoms with van der Waals surface area (Å²) in [6.45, 7) is 6.98. The molecule has 1 fully saturated rings. The van der Waals surface area contributed by atoms with Crippen LogP contribution in [0.5, 0.6) is 0 Å². The molecule has 13 heavy (non-hydrogen) atoms. The summed E-state index contributed by atoms with van der Waals surface area (Å²) in [5.74, 6) is 0.667. The van der Waals surface area contributed by atoms with Crippen LogP contribution < -0.4 is 5.73 Å². The van der Waals surface area contributed by atoms with Crippen LogP contribution in [0, 0.1) is 11.3 Å². The first kappa shape index (κ1) is 11.0. The maximum Gasteiger partial charge on any atom is 0.0687 e. The average Bonchev–Trinajstić information content (AvgIpc) is 2.81. The van der Waals surface area contributed by atoms with Crippen LogP contribution >= 0.6 is 0 Å². The van der Waals surface area contributed by atoms with Crippen molar-refractivity contribution in [3.63, 3.8) is 0 Å². The minimum Gasteiger partial charge on any atom is -0.390 e. The highest BCUT2D eigenvalue weighted by Crippen LogP contribution is 2.54. The van der Waals surface area contributed by atoms with Crippen LogP contribution in [-0.2, 0) is 0 Å². The van der Waals surface area contributed by atoms with Crippen molar-refractivity contribution in [2.45, 2.75) is 52.1 Å². The van der Waals surface area contributed by atoms with Gasteiger partial charge in [-0.1, -0.05) is 13.8 Å². The lowest BCUT2D eigenvalue weighted by molar-refractivity contribution is -0.0234. The average molecular weight is 185 g/mol. The zero-order valence-electron chi connectivity index (χ0n) is 9.14. The van der Waals surface area contributed by atoms with Crippen molar-refractivity contribution in [3.8, 4) is 0 Å². The highest BCUT2D eigenvalue weighted by molar-refractivity contribution is 5.06. The van der Waals surface area contributed by atoms with Gasteiger partial charge in [0.1, 0.15) is 0 Å². The first-order valence-corrected chi connectivity index (χ1v) is 5.36. The summed E-state index contributed by atoms with van der Waals surface area (Å²) in [4.78, 5) is 0.